The van der Waals surface area contributed by atoms with Gasteiger partial charge in [0.1, 0.15) is 5.75 Å². The molecule has 0 aliphatic rings. The number of hydrogen-bond acceptors (Lipinski definition) is 6. The van der Waals surface area contributed by atoms with Crippen LogP contribution in [0.3, 0.4) is 0 Å². The Morgan fingerprint density at radius 1 is 1.19 bits per heavy atom. The average Bonchev–Trinajstić information content (AvgIpc) is 2.77. The highest BCUT2D eigenvalue weighted by atomic mass is 35.5. The Hall–Kier alpha value is -2.78. The first-order valence-corrected chi connectivity index (χ1v) is 11.8. The highest BCUT2D eigenvalue weighted by molar-refractivity contribution is 7.92. The molecule has 174 valence electrons. The van der Waals surface area contributed by atoms with Crippen molar-refractivity contribution in [2.24, 2.45) is 0 Å². The van der Waals surface area contributed by atoms with E-state index in [2.05, 4.69) is 5.32 Å². The number of esters is 1. The molecular formula is C22H27ClN2O6S. The topological polar surface area (TPSA) is 102 Å². The van der Waals surface area contributed by atoms with E-state index >= 15 is 0 Å². The number of benzene rings is 2. The number of carbonyl (C=O) groups is 2. The Bertz CT molecular complexity index is 1070. The number of nitrogens with zero attached hydrogens (tertiary/aromatic N) is 1. The van der Waals surface area contributed by atoms with E-state index in [1.807, 2.05) is 13.8 Å². The van der Waals surface area contributed by atoms with Gasteiger partial charge in [-0.2, -0.15) is 0 Å². The zero-order valence-corrected chi connectivity index (χ0v) is 20.0. The van der Waals surface area contributed by atoms with Crippen molar-refractivity contribution in [2.45, 2.75) is 37.6 Å². The Labute approximate surface area is 193 Å². The summed E-state index contributed by atoms with van der Waals surface area (Å²) in [5.74, 6) is -0.976. The molecule has 1 amide bonds. The predicted octanol–water partition coefficient (Wildman–Crippen LogP) is 3.64. The number of nitrogens with one attached hydrogen (secondary N) is 1. The molecule has 0 aromatic heterocycles. The maximum atomic E-state index is 13.1. The summed E-state index contributed by atoms with van der Waals surface area (Å²) in [7, 11) is -1.23. The molecule has 10 heteroatoms. The molecule has 0 saturated carbocycles. The number of para-hydroxylation sites is 2. The molecule has 0 aliphatic carbocycles. The van der Waals surface area contributed by atoms with Gasteiger partial charge in [0, 0.05) is 13.1 Å². The molecule has 0 fully saturated rings. The van der Waals surface area contributed by atoms with Crippen LogP contribution in [0.4, 0.5) is 5.69 Å². The Kier molecular flexibility index (Phi) is 8.91. The molecule has 0 saturated heterocycles. The largest absolute Gasteiger partial charge is 0.495 e. The summed E-state index contributed by atoms with van der Waals surface area (Å²) < 4.78 is 37.6. The van der Waals surface area contributed by atoms with E-state index < -0.39 is 28.5 Å². The number of ether oxygens (including phenoxy) is 2. The Morgan fingerprint density at radius 3 is 2.53 bits per heavy atom. The molecule has 0 heterocycles. The van der Waals surface area contributed by atoms with Crippen molar-refractivity contribution in [2.75, 3.05) is 25.1 Å². The van der Waals surface area contributed by atoms with Crippen LogP contribution >= 0.6 is 11.6 Å². The zero-order chi connectivity index (χ0) is 23.9. The van der Waals surface area contributed by atoms with E-state index in [0.717, 1.165) is 23.2 Å². The first-order valence-electron chi connectivity index (χ1n) is 9.99. The third kappa shape index (κ3) is 6.14. The van der Waals surface area contributed by atoms with Gasteiger partial charge in [0.2, 0.25) is 0 Å². The number of methoxy groups -OCH3 is 1. The predicted molar refractivity (Wildman–Crippen MR) is 123 cm³/mol. The molecule has 1 atom stereocenters. The van der Waals surface area contributed by atoms with E-state index in [-0.39, 0.29) is 21.5 Å². The van der Waals surface area contributed by atoms with Crippen LogP contribution in [-0.4, -0.2) is 47.1 Å². The lowest BCUT2D eigenvalue weighted by molar-refractivity contribution is -0.124. The van der Waals surface area contributed by atoms with Gasteiger partial charge >= 0.3 is 5.97 Å². The summed E-state index contributed by atoms with van der Waals surface area (Å²) >= 11 is 6.10. The molecule has 0 bridgehead atoms. The lowest BCUT2D eigenvalue weighted by atomic mass is 10.2. The van der Waals surface area contributed by atoms with E-state index in [1.54, 1.807) is 24.3 Å². The van der Waals surface area contributed by atoms with Gasteiger partial charge in [0.25, 0.3) is 15.9 Å². The summed E-state index contributed by atoms with van der Waals surface area (Å²) in [5.41, 5.74) is 0.169. The van der Waals surface area contributed by atoms with Crippen molar-refractivity contribution in [3.05, 3.63) is 53.1 Å². The van der Waals surface area contributed by atoms with Crippen LogP contribution in [0, 0.1) is 0 Å². The number of anilines is 1. The third-order valence-corrected chi connectivity index (χ3v) is 6.80. The minimum absolute atomic E-state index is 0.00801. The van der Waals surface area contributed by atoms with Gasteiger partial charge < -0.3 is 14.8 Å². The normalized spacial score (nSPS) is 12.0. The van der Waals surface area contributed by atoms with Crippen LogP contribution < -0.4 is 14.4 Å². The van der Waals surface area contributed by atoms with Gasteiger partial charge in [-0.15, -0.1) is 0 Å². The first kappa shape index (κ1) is 25.5. The average molecular weight is 483 g/mol. The molecule has 0 radical (unpaired) electrons. The summed E-state index contributed by atoms with van der Waals surface area (Å²) in [6.45, 7) is 3.35. The van der Waals surface area contributed by atoms with Crippen molar-refractivity contribution in [1.82, 2.24) is 5.32 Å². The Balaban J connectivity index is 2.22. The number of sulfonamides is 1. The number of carbonyl (C=O) groups excluding carboxylic acids is 2. The fourth-order valence-electron chi connectivity index (χ4n) is 3.03. The van der Waals surface area contributed by atoms with Gasteiger partial charge in [-0.3, -0.25) is 9.10 Å². The Morgan fingerprint density at radius 2 is 1.88 bits per heavy atom. The van der Waals surface area contributed by atoms with Crippen LogP contribution in [0.1, 0.15) is 37.0 Å². The minimum Gasteiger partial charge on any atom is -0.495 e. The summed E-state index contributed by atoms with van der Waals surface area (Å²) in [6, 6.07) is 10.3. The summed E-state index contributed by atoms with van der Waals surface area (Å²) in [4.78, 5) is 24.3. The van der Waals surface area contributed by atoms with E-state index in [1.165, 1.54) is 26.3 Å². The monoisotopic (exact) mass is 482 g/mol. The highest BCUT2D eigenvalue weighted by Crippen LogP contribution is 2.32. The second-order valence-corrected chi connectivity index (χ2v) is 9.50. The summed E-state index contributed by atoms with van der Waals surface area (Å²) in [6.07, 6.45) is 1.70. The lowest BCUT2D eigenvalue weighted by Gasteiger charge is -2.22. The standard InChI is InChI=1S/C22H27ClN2O6S/c1-5-8-15(2)24-21(26)14-31-22(27)17-13-16(11-12-18(17)23)32(28,29)25(3)19-9-6-7-10-20(19)30-4/h6-7,9-13,15H,5,8,14H2,1-4H3,(H,24,26)/t15-/m1/s1. The zero-order valence-electron chi connectivity index (χ0n) is 18.4. The van der Waals surface area contributed by atoms with Gasteiger partial charge in [0.05, 0.1) is 28.3 Å². The molecule has 2 aromatic carbocycles. The quantitative estimate of drug-likeness (QED) is 0.519. The molecule has 2 aromatic rings. The number of hydrogen-bond donors (Lipinski definition) is 1. The second-order valence-electron chi connectivity index (χ2n) is 7.12. The fraction of sp³-hybridized carbons (Fsp3) is 0.364. The molecule has 32 heavy (non-hydrogen) atoms. The fourth-order valence-corrected chi connectivity index (χ4v) is 4.46. The van der Waals surface area contributed by atoms with E-state index in [4.69, 9.17) is 21.1 Å². The third-order valence-electron chi connectivity index (χ3n) is 4.70. The SMILES string of the molecule is CCC[C@@H](C)NC(=O)COC(=O)c1cc(S(=O)(=O)N(C)c2ccccc2OC)ccc1Cl. The second kappa shape index (κ2) is 11.2. The van der Waals surface area contributed by atoms with E-state index in [9.17, 15) is 18.0 Å². The number of rotatable bonds is 10. The lowest BCUT2D eigenvalue weighted by Crippen LogP contribution is -2.35. The van der Waals surface area contributed by atoms with Crippen molar-refractivity contribution in [3.63, 3.8) is 0 Å². The van der Waals surface area contributed by atoms with Crippen LogP contribution in [-0.2, 0) is 19.6 Å². The number of amides is 1. The van der Waals surface area contributed by atoms with Gasteiger partial charge in [-0.05, 0) is 43.7 Å². The van der Waals surface area contributed by atoms with Crippen molar-refractivity contribution in [3.8, 4) is 5.75 Å². The molecule has 2 rings (SSSR count). The van der Waals surface area contributed by atoms with Crippen LogP contribution in [0.2, 0.25) is 5.02 Å². The molecule has 0 unspecified atom stereocenters. The highest BCUT2D eigenvalue weighted by Gasteiger charge is 2.26. The van der Waals surface area contributed by atoms with Gasteiger partial charge in [-0.1, -0.05) is 37.1 Å². The van der Waals surface area contributed by atoms with Gasteiger partial charge in [-0.25, -0.2) is 13.2 Å². The van der Waals surface area contributed by atoms with Crippen molar-refractivity contribution < 1.29 is 27.5 Å². The van der Waals surface area contributed by atoms with Crippen molar-refractivity contribution >= 4 is 39.2 Å². The first-order chi connectivity index (χ1) is 15.1. The van der Waals surface area contributed by atoms with Crippen molar-refractivity contribution in [1.29, 1.82) is 0 Å². The molecule has 0 spiro atoms. The summed E-state index contributed by atoms with van der Waals surface area (Å²) in [5, 5.41) is 2.73. The molecule has 0 aliphatic heterocycles. The molecular weight excluding hydrogens is 456 g/mol. The minimum atomic E-state index is -4.04. The van der Waals surface area contributed by atoms with E-state index in [0.29, 0.717) is 11.4 Å². The van der Waals surface area contributed by atoms with Crippen LogP contribution in [0.25, 0.3) is 0 Å². The maximum absolute atomic E-state index is 13.1. The molecule has 8 nitrogen and oxygen atoms in total. The maximum Gasteiger partial charge on any atom is 0.340 e. The van der Waals surface area contributed by atoms with Crippen LogP contribution in [0.15, 0.2) is 47.4 Å². The van der Waals surface area contributed by atoms with Crippen LogP contribution in [0.5, 0.6) is 5.75 Å². The molecule has 1 N–H and O–H groups in total. The van der Waals surface area contributed by atoms with Gasteiger partial charge in [0.15, 0.2) is 6.61 Å². The number of halogens is 1. The smallest absolute Gasteiger partial charge is 0.340 e.